The maximum atomic E-state index is 10.1. The quantitative estimate of drug-likeness (QED) is 0.660. The molecule has 0 unspecified atom stereocenters. The number of aromatic nitrogens is 2. The standard InChI is InChI=1S/C18H27N5O2/c1-11-2-3-14(8-16(11)25)21-17-12(9-19)10-20-18(23-17)22-13-4-6-15(24)7-5-13/h10-11,13-16,24-25H,2-8H2,1H3,(H2,20,21,22,23)/t11-,13?,14-,15?,16-/m1/s1. The summed E-state index contributed by atoms with van der Waals surface area (Å²) >= 11 is 0. The molecule has 0 aromatic carbocycles. The second-order valence-electron chi connectivity index (χ2n) is 7.42. The predicted molar refractivity (Wildman–Crippen MR) is 95.1 cm³/mol. The van der Waals surface area contributed by atoms with Crippen molar-refractivity contribution < 1.29 is 10.2 Å². The molecule has 0 bridgehead atoms. The molecule has 7 heteroatoms. The van der Waals surface area contributed by atoms with Crippen LogP contribution in [-0.4, -0.2) is 44.5 Å². The summed E-state index contributed by atoms with van der Waals surface area (Å²) in [6.07, 6.45) is 6.96. The van der Waals surface area contributed by atoms with Crippen molar-refractivity contribution in [1.29, 1.82) is 5.26 Å². The van der Waals surface area contributed by atoms with Gasteiger partial charge in [-0.1, -0.05) is 6.92 Å². The van der Waals surface area contributed by atoms with Crippen molar-refractivity contribution in [2.45, 2.75) is 76.2 Å². The molecule has 0 saturated heterocycles. The van der Waals surface area contributed by atoms with Crippen molar-refractivity contribution in [3.05, 3.63) is 11.8 Å². The van der Waals surface area contributed by atoms with Crippen molar-refractivity contribution in [1.82, 2.24) is 9.97 Å². The fourth-order valence-corrected chi connectivity index (χ4v) is 3.67. The van der Waals surface area contributed by atoms with Crippen LogP contribution in [0.5, 0.6) is 0 Å². The van der Waals surface area contributed by atoms with Gasteiger partial charge in [-0.15, -0.1) is 0 Å². The highest BCUT2D eigenvalue weighted by atomic mass is 16.3. The summed E-state index contributed by atoms with van der Waals surface area (Å²) in [7, 11) is 0. The summed E-state index contributed by atoms with van der Waals surface area (Å²) in [4.78, 5) is 8.74. The lowest BCUT2D eigenvalue weighted by molar-refractivity contribution is 0.0739. The fourth-order valence-electron chi connectivity index (χ4n) is 3.67. The minimum Gasteiger partial charge on any atom is -0.393 e. The molecule has 4 N–H and O–H groups in total. The molecule has 1 heterocycles. The fraction of sp³-hybridized carbons (Fsp3) is 0.722. The molecule has 25 heavy (non-hydrogen) atoms. The van der Waals surface area contributed by atoms with Crippen LogP contribution in [0.2, 0.25) is 0 Å². The van der Waals surface area contributed by atoms with E-state index < -0.39 is 0 Å². The number of anilines is 2. The molecular formula is C18H27N5O2. The van der Waals surface area contributed by atoms with Crippen LogP contribution in [0.4, 0.5) is 11.8 Å². The molecular weight excluding hydrogens is 318 g/mol. The molecule has 3 atom stereocenters. The number of rotatable bonds is 4. The van der Waals surface area contributed by atoms with Crippen LogP contribution < -0.4 is 10.6 Å². The molecule has 3 rings (SSSR count). The van der Waals surface area contributed by atoms with Gasteiger partial charge in [-0.05, 0) is 50.9 Å². The summed E-state index contributed by atoms with van der Waals surface area (Å²) < 4.78 is 0. The molecule has 2 aliphatic rings. The lowest BCUT2D eigenvalue weighted by atomic mass is 9.85. The summed E-state index contributed by atoms with van der Waals surface area (Å²) in [6, 6.07) is 2.50. The largest absolute Gasteiger partial charge is 0.393 e. The zero-order chi connectivity index (χ0) is 17.8. The highest BCUT2D eigenvalue weighted by Gasteiger charge is 2.27. The highest BCUT2D eigenvalue weighted by Crippen LogP contribution is 2.27. The van der Waals surface area contributed by atoms with E-state index in [0.717, 1.165) is 38.5 Å². The third-order valence-electron chi connectivity index (χ3n) is 5.43. The van der Waals surface area contributed by atoms with Crippen molar-refractivity contribution >= 4 is 11.8 Å². The summed E-state index contributed by atoms with van der Waals surface area (Å²) in [5.41, 5.74) is 0.415. The maximum absolute atomic E-state index is 10.1. The van der Waals surface area contributed by atoms with E-state index in [9.17, 15) is 15.5 Å². The average molecular weight is 345 g/mol. The van der Waals surface area contributed by atoms with Crippen molar-refractivity contribution in [2.75, 3.05) is 10.6 Å². The van der Waals surface area contributed by atoms with Gasteiger partial charge in [0.1, 0.15) is 17.5 Å². The van der Waals surface area contributed by atoms with Crippen LogP contribution in [0.3, 0.4) is 0 Å². The molecule has 2 aliphatic carbocycles. The Morgan fingerprint density at radius 1 is 1.08 bits per heavy atom. The number of hydrogen-bond acceptors (Lipinski definition) is 7. The first-order valence-corrected chi connectivity index (χ1v) is 9.21. The zero-order valence-electron chi connectivity index (χ0n) is 14.6. The maximum Gasteiger partial charge on any atom is 0.224 e. The SMILES string of the molecule is C[C@@H]1CC[C@@H](Nc2nc(NC3CCC(O)CC3)ncc2C#N)C[C@H]1O. The van der Waals surface area contributed by atoms with Crippen LogP contribution in [0, 0.1) is 17.2 Å². The van der Waals surface area contributed by atoms with Gasteiger partial charge in [0, 0.05) is 12.1 Å². The number of aliphatic hydroxyl groups excluding tert-OH is 2. The minimum absolute atomic E-state index is 0.117. The molecule has 136 valence electrons. The highest BCUT2D eigenvalue weighted by molar-refractivity contribution is 5.54. The Kier molecular flexibility index (Phi) is 5.71. The van der Waals surface area contributed by atoms with Gasteiger partial charge in [-0.2, -0.15) is 10.2 Å². The Labute approximate surface area is 148 Å². The van der Waals surface area contributed by atoms with Crippen LogP contribution >= 0.6 is 0 Å². The zero-order valence-corrected chi connectivity index (χ0v) is 14.6. The van der Waals surface area contributed by atoms with E-state index in [1.54, 1.807) is 0 Å². The summed E-state index contributed by atoms with van der Waals surface area (Å²) in [6.45, 7) is 2.06. The van der Waals surface area contributed by atoms with Crippen LogP contribution in [0.25, 0.3) is 0 Å². The van der Waals surface area contributed by atoms with Gasteiger partial charge in [0.2, 0.25) is 5.95 Å². The molecule has 7 nitrogen and oxygen atoms in total. The summed E-state index contributed by atoms with van der Waals surface area (Å²) in [5, 5.41) is 35.6. The first-order valence-electron chi connectivity index (χ1n) is 9.21. The second-order valence-corrected chi connectivity index (χ2v) is 7.42. The van der Waals surface area contributed by atoms with E-state index in [0.29, 0.717) is 29.7 Å². The number of aliphatic hydroxyl groups is 2. The van der Waals surface area contributed by atoms with Crippen molar-refractivity contribution in [2.24, 2.45) is 5.92 Å². The predicted octanol–water partition coefficient (Wildman–Crippen LogP) is 2.03. The van der Waals surface area contributed by atoms with Gasteiger partial charge in [-0.3, -0.25) is 0 Å². The molecule has 0 radical (unpaired) electrons. The molecule has 2 saturated carbocycles. The molecule has 0 amide bonds. The third-order valence-corrected chi connectivity index (χ3v) is 5.43. The van der Waals surface area contributed by atoms with Gasteiger partial charge in [0.25, 0.3) is 0 Å². The van der Waals surface area contributed by atoms with E-state index in [1.165, 1.54) is 6.20 Å². The lowest BCUT2D eigenvalue weighted by Crippen LogP contribution is -2.35. The summed E-state index contributed by atoms with van der Waals surface area (Å²) in [5.74, 6) is 1.35. The van der Waals surface area contributed by atoms with E-state index in [-0.39, 0.29) is 24.3 Å². The lowest BCUT2D eigenvalue weighted by Gasteiger charge is -2.32. The molecule has 1 aromatic rings. The van der Waals surface area contributed by atoms with Gasteiger partial charge < -0.3 is 20.8 Å². The van der Waals surface area contributed by atoms with E-state index in [2.05, 4.69) is 33.6 Å². The van der Waals surface area contributed by atoms with E-state index in [1.807, 2.05) is 0 Å². The molecule has 0 aliphatic heterocycles. The first-order chi connectivity index (χ1) is 12.0. The number of nitrogens with zero attached hydrogens (tertiary/aromatic N) is 3. The van der Waals surface area contributed by atoms with E-state index >= 15 is 0 Å². The molecule has 1 aromatic heterocycles. The smallest absolute Gasteiger partial charge is 0.224 e. The average Bonchev–Trinajstić information content (AvgIpc) is 2.60. The Morgan fingerprint density at radius 3 is 2.48 bits per heavy atom. The topological polar surface area (TPSA) is 114 Å². The normalized spacial score (nSPS) is 32.6. The number of nitrogens with one attached hydrogen (secondary N) is 2. The van der Waals surface area contributed by atoms with Crippen LogP contribution in [0.1, 0.15) is 57.4 Å². The Bertz CT molecular complexity index is 624. The van der Waals surface area contributed by atoms with Crippen molar-refractivity contribution in [3.63, 3.8) is 0 Å². The third kappa shape index (κ3) is 4.59. The molecule has 2 fully saturated rings. The second kappa shape index (κ2) is 7.98. The Morgan fingerprint density at radius 2 is 1.80 bits per heavy atom. The van der Waals surface area contributed by atoms with Gasteiger partial charge in [0.15, 0.2) is 0 Å². The number of hydrogen-bond donors (Lipinski definition) is 4. The van der Waals surface area contributed by atoms with Gasteiger partial charge in [-0.25, -0.2) is 4.98 Å². The van der Waals surface area contributed by atoms with Crippen LogP contribution in [0.15, 0.2) is 6.20 Å². The van der Waals surface area contributed by atoms with Crippen molar-refractivity contribution in [3.8, 4) is 6.07 Å². The van der Waals surface area contributed by atoms with Gasteiger partial charge >= 0.3 is 0 Å². The van der Waals surface area contributed by atoms with Crippen LogP contribution in [-0.2, 0) is 0 Å². The number of nitriles is 1. The first kappa shape index (κ1) is 17.9. The Hall–Kier alpha value is -1.91. The van der Waals surface area contributed by atoms with Gasteiger partial charge in [0.05, 0.1) is 18.4 Å². The monoisotopic (exact) mass is 345 g/mol. The Balaban J connectivity index is 1.67. The van der Waals surface area contributed by atoms with E-state index in [4.69, 9.17) is 0 Å². The molecule has 0 spiro atoms. The minimum atomic E-state index is -0.315.